The van der Waals surface area contributed by atoms with E-state index < -0.39 is 21.4 Å². The van der Waals surface area contributed by atoms with Crippen LogP contribution >= 0.6 is 15.9 Å². The Morgan fingerprint density at radius 2 is 2.06 bits per heavy atom. The second kappa shape index (κ2) is 3.78. The van der Waals surface area contributed by atoms with Crippen molar-refractivity contribution < 1.29 is 12.8 Å². The summed E-state index contributed by atoms with van der Waals surface area (Å²) in [6.07, 6.45) is 1.59. The normalized spacial score (nSPS) is 18.4. The first kappa shape index (κ1) is 12.0. The van der Waals surface area contributed by atoms with Crippen molar-refractivity contribution in [3.8, 4) is 0 Å². The molecule has 1 fully saturated rings. The van der Waals surface area contributed by atoms with E-state index >= 15 is 0 Å². The summed E-state index contributed by atoms with van der Waals surface area (Å²) >= 11 is 3.08. The zero-order chi connectivity index (χ0) is 12.0. The number of halogens is 2. The lowest BCUT2D eigenvalue weighted by molar-refractivity contribution is 0.540. The van der Waals surface area contributed by atoms with E-state index in [1.54, 1.807) is 6.92 Å². The zero-order valence-corrected chi connectivity index (χ0v) is 11.0. The number of hydrogen-bond acceptors (Lipinski definition) is 2. The van der Waals surface area contributed by atoms with Crippen LogP contribution in [-0.4, -0.2) is 14.0 Å². The van der Waals surface area contributed by atoms with Crippen LogP contribution in [0.2, 0.25) is 0 Å². The van der Waals surface area contributed by atoms with E-state index in [0.717, 1.165) is 18.9 Å². The van der Waals surface area contributed by atoms with Crippen molar-refractivity contribution in [3.05, 3.63) is 28.5 Å². The Morgan fingerprint density at radius 1 is 1.44 bits per heavy atom. The highest BCUT2D eigenvalue weighted by Gasteiger charge is 2.41. The van der Waals surface area contributed by atoms with E-state index in [1.807, 2.05) is 0 Å². The number of benzene rings is 1. The molecular weight excluding hydrogens is 297 g/mol. The summed E-state index contributed by atoms with van der Waals surface area (Å²) in [6.45, 7) is 1.81. The number of sulfonamides is 1. The topological polar surface area (TPSA) is 46.2 Å². The van der Waals surface area contributed by atoms with Gasteiger partial charge in [0.1, 0.15) is 10.7 Å². The van der Waals surface area contributed by atoms with Gasteiger partial charge in [0.05, 0.1) is 0 Å². The van der Waals surface area contributed by atoms with Crippen LogP contribution in [0.15, 0.2) is 27.6 Å². The third-order valence-corrected chi connectivity index (χ3v) is 4.73. The van der Waals surface area contributed by atoms with Crippen molar-refractivity contribution in [2.75, 3.05) is 0 Å². The van der Waals surface area contributed by atoms with Crippen LogP contribution in [0.25, 0.3) is 0 Å². The molecule has 0 atom stereocenters. The molecule has 88 valence electrons. The first-order chi connectivity index (χ1) is 7.32. The number of nitrogens with one attached hydrogen (secondary N) is 1. The lowest BCUT2D eigenvalue weighted by Crippen LogP contribution is -2.34. The van der Waals surface area contributed by atoms with Gasteiger partial charge in [-0.15, -0.1) is 0 Å². The van der Waals surface area contributed by atoms with E-state index in [0.29, 0.717) is 4.47 Å². The molecule has 0 radical (unpaired) electrons. The molecule has 3 nitrogen and oxygen atoms in total. The molecule has 1 aromatic carbocycles. The Bertz CT molecular complexity index is 526. The molecule has 0 saturated heterocycles. The van der Waals surface area contributed by atoms with Gasteiger partial charge in [-0.05, 0) is 38.0 Å². The van der Waals surface area contributed by atoms with Gasteiger partial charge in [0.2, 0.25) is 10.0 Å². The van der Waals surface area contributed by atoms with Gasteiger partial charge >= 0.3 is 0 Å². The maximum absolute atomic E-state index is 13.5. The standard InChI is InChI=1S/C10H11BrFNO2S/c1-10(4-5-10)13-16(14,15)9-3-2-7(11)6-8(9)12/h2-3,6,13H,4-5H2,1H3. The van der Waals surface area contributed by atoms with Crippen molar-refractivity contribution >= 4 is 26.0 Å². The lowest BCUT2D eigenvalue weighted by atomic mass is 10.3. The predicted octanol–water partition coefficient (Wildman–Crippen LogP) is 2.42. The molecular formula is C10H11BrFNO2S. The second-order valence-corrected chi connectivity index (χ2v) is 6.81. The molecule has 1 aliphatic carbocycles. The van der Waals surface area contributed by atoms with Gasteiger partial charge in [-0.3, -0.25) is 0 Å². The minimum absolute atomic E-state index is 0.302. The van der Waals surface area contributed by atoms with E-state index in [9.17, 15) is 12.8 Å². The maximum Gasteiger partial charge on any atom is 0.243 e. The Morgan fingerprint density at radius 3 is 2.56 bits per heavy atom. The molecule has 2 rings (SSSR count). The summed E-state index contributed by atoms with van der Waals surface area (Å²) in [7, 11) is -3.75. The van der Waals surface area contributed by atoms with Crippen LogP contribution in [0.4, 0.5) is 4.39 Å². The monoisotopic (exact) mass is 307 g/mol. The molecule has 0 heterocycles. The minimum Gasteiger partial charge on any atom is -0.207 e. The smallest absolute Gasteiger partial charge is 0.207 e. The Kier molecular flexibility index (Phi) is 2.84. The Labute approximate surface area is 102 Å². The first-order valence-corrected chi connectivity index (χ1v) is 7.09. The van der Waals surface area contributed by atoms with Crippen LogP contribution in [-0.2, 0) is 10.0 Å². The molecule has 0 unspecified atom stereocenters. The van der Waals surface area contributed by atoms with Crippen LogP contribution < -0.4 is 4.72 Å². The summed E-state index contributed by atoms with van der Waals surface area (Å²) in [5, 5.41) is 0. The second-order valence-electron chi connectivity index (χ2n) is 4.24. The average Bonchev–Trinajstić information content (AvgIpc) is 2.80. The van der Waals surface area contributed by atoms with Gasteiger partial charge in [0.15, 0.2) is 0 Å². The molecule has 0 spiro atoms. The van der Waals surface area contributed by atoms with Gasteiger partial charge in [-0.25, -0.2) is 17.5 Å². The largest absolute Gasteiger partial charge is 0.243 e. The zero-order valence-electron chi connectivity index (χ0n) is 8.63. The Balaban J connectivity index is 2.35. The van der Waals surface area contributed by atoms with Crippen molar-refractivity contribution in [2.24, 2.45) is 0 Å². The van der Waals surface area contributed by atoms with Crippen LogP contribution in [0.5, 0.6) is 0 Å². The fraction of sp³-hybridized carbons (Fsp3) is 0.400. The highest BCUT2D eigenvalue weighted by Crippen LogP contribution is 2.36. The molecule has 1 aliphatic rings. The van der Waals surface area contributed by atoms with Crippen molar-refractivity contribution in [1.29, 1.82) is 0 Å². The van der Waals surface area contributed by atoms with E-state index in [1.165, 1.54) is 12.1 Å². The van der Waals surface area contributed by atoms with Gasteiger partial charge in [-0.1, -0.05) is 15.9 Å². The van der Waals surface area contributed by atoms with E-state index in [2.05, 4.69) is 20.7 Å². The summed E-state index contributed by atoms with van der Waals surface area (Å²) in [5.74, 6) is -0.744. The third kappa shape index (κ3) is 2.44. The molecule has 16 heavy (non-hydrogen) atoms. The quantitative estimate of drug-likeness (QED) is 0.932. The van der Waals surface area contributed by atoms with Gasteiger partial charge in [0.25, 0.3) is 0 Å². The van der Waals surface area contributed by atoms with Crippen LogP contribution in [0.3, 0.4) is 0 Å². The average molecular weight is 308 g/mol. The predicted molar refractivity (Wildman–Crippen MR) is 62.1 cm³/mol. The number of rotatable bonds is 3. The van der Waals surface area contributed by atoms with Gasteiger partial charge < -0.3 is 0 Å². The first-order valence-electron chi connectivity index (χ1n) is 4.81. The lowest BCUT2D eigenvalue weighted by Gasteiger charge is -2.12. The highest BCUT2D eigenvalue weighted by atomic mass is 79.9. The van der Waals surface area contributed by atoms with E-state index in [4.69, 9.17) is 0 Å². The fourth-order valence-corrected chi connectivity index (χ4v) is 3.22. The summed E-state index contributed by atoms with van der Waals surface area (Å²) in [4.78, 5) is -0.302. The molecule has 0 aliphatic heterocycles. The minimum atomic E-state index is -3.75. The number of hydrogen-bond donors (Lipinski definition) is 1. The fourth-order valence-electron chi connectivity index (χ4n) is 1.36. The molecule has 0 amide bonds. The summed E-state index contributed by atoms with van der Waals surface area (Å²) in [5.41, 5.74) is -0.391. The van der Waals surface area contributed by atoms with Gasteiger partial charge in [-0.2, -0.15) is 0 Å². The molecule has 0 aromatic heterocycles. The highest BCUT2D eigenvalue weighted by molar-refractivity contribution is 9.10. The van der Waals surface area contributed by atoms with Crippen molar-refractivity contribution in [3.63, 3.8) is 0 Å². The SMILES string of the molecule is CC1(NS(=O)(=O)c2ccc(Br)cc2F)CC1. The van der Waals surface area contributed by atoms with E-state index in [-0.39, 0.29) is 4.90 Å². The van der Waals surface area contributed by atoms with Crippen molar-refractivity contribution in [2.45, 2.75) is 30.2 Å². The summed E-state index contributed by atoms with van der Waals surface area (Å²) < 4.78 is 40.2. The van der Waals surface area contributed by atoms with Crippen LogP contribution in [0.1, 0.15) is 19.8 Å². The Hall–Kier alpha value is -0.460. The summed E-state index contributed by atoms with van der Waals surface area (Å²) in [6, 6.07) is 3.91. The third-order valence-electron chi connectivity index (χ3n) is 2.56. The van der Waals surface area contributed by atoms with Crippen molar-refractivity contribution in [1.82, 2.24) is 4.72 Å². The van der Waals surface area contributed by atoms with Gasteiger partial charge in [0, 0.05) is 10.0 Å². The molecule has 1 saturated carbocycles. The molecule has 0 bridgehead atoms. The molecule has 1 aromatic rings. The van der Waals surface area contributed by atoms with Crippen LogP contribution in [0, 0.1) is 5.82 Å². The maximum atomic E-state index is 13.5. The molecule has 6 heteroatoms. The molecule has 1 N–H and O–H groups in total.